The summed E-state index contributed by atoms with van der Waals surface area (Å²) in [6.07, 6.45) is 1.57. The van der Waals surface area contributed by atoms with Gasteiger partial charge in [-0.1, -0.05) is 13.8 Å². The lowest BCUT2D eigenvalue weighted by atomic mass is 10.2. The van der Waals surface area contributed by atoms with Crippen LogP contribution < -0.4 is 11.1 Å². The summed E-state index contributed by atoms with van der Waals surface area (Å²) in [5, 5.41) is 3.07. The molecule has 0 saturated carbocycles. The molecule has 0 fully saturated rings. The third kappa shape index (κ3) is 2.54. The van der Waals surface area contributed by atoms with Crippen molar-refractivity contribution in [2.75, 3.05) is 11.9 Å². The summed E-state index contributed by atoms with van der Waals surface area (Å²) in [7, 11) is 0. The van der Waals surface area contributed by atoms with Crippen molar-refractivity contribution in [2.24, 2.45) is 11.7 Å². The van der Waals surface area contributed by atoms with Crippen LogP contribution in [-0.2, 0) is 6.54 Å². The molecule has 0 spiro atoms. The van der Waals surface area contributed by atoms with E-state index in [9.17, 15) is 0 Å². The Bertz CT molecular complexity index is 232. The lowest BCUT2D eigenvalue weighted by molar-refractivity contribution is 0.559. The fraction of sp³-hybridized carbons (Fsp3) is 0.625. The van der Waals surface area contributed by atoms with Gasteiger partial charge < -0.3 is 15.5 Å². The van der Waals surface area contributed by atoms with Crippen molar-refractivity contribution in [1.82, 2.24) is 4.98 Å². The normalized spacial score (nSPS) is 10.7. The molecule has 0 aliphatic heterocycles. The van der Waals surface area contributed by atoms with E-state index in [0.717, 1.165) is 12.2 Å². The number of nitrogens with one attached hydrogen (secondary N) is 1. The van der Waals surface area contributed by atoms with Crippen LogP contribution in [0.5, 0.6) is 0 Å². The Labute approximate surface area is 72.2 Å². The number of hydrogen-bond acceptors (Lipinski definition) is 4. The van der Waals surface area contributed by atoms with Crippen LogP contribution in [0, 0.1) is 5.92 Å². The van der Waals surface area contributed by atoms with Crippen LogP contribution in [0.2, 0.25) is 0 Å². The lowest BCUT2D eigenvalue weighted by Gasteiger charge is -2.03. The van der Waals surface area contributed by atoms with E-state index in [2.05, 4.69) is 24.1 Å². The van der Waals surface area contributed by atoms with Crippen LogP contribution >= 0.6 is 0 Å². The van der Waals surface area contributed by atoms with Gasteiger partial charge in [0.25, 0.3) is 6.01 Å². The molecule has 0 saturated heterocycles. The lowest BCUT2D eigenvalue weighted by Crippen LogP contribution is -2.08. The Morgan fingerprint density at radius 3 is 2.92 bits per heavy atom. The van der Waals surface area contributed by atoms with Gasteiger partial charge in [-0.15, -0.1) is 0 Å². The third-order valence-corrected chi connectivity index (χ3v) is 1.42. The van der Waals surface area contributed by atoms with Crippen LogP contribution in [0.4, 0.5) is 6.01 Å². The molecule has 0 unspecified atom stereocenters. The number of anilines is 1. The molecular formula is C8H15N3O. The number of aromatic nitrogens is 1. The Kier molecular flexibility index (Phi) is 3.10. The molecule has 0 amide bonds. The van der Waals surface area contributed by atoms with Gasteiger partial charge in [0.2, 0.25) is 0 Å². The van der Waals surface area contributed by atoms with Gasteiger partial charge in [-0.25, -0.2) is 0 Å². The second-order valence-electron chi connectivity index (χ2n) is 3.12. The first-order chi connectivity index (χ1) is 5.72. The first-order valence-corrected chi connectivity index (χ1v) is 4.10. The number of nitrogens with two attached hydrogens (primary N) is 1. The van der Waals surface area contributed by atoms with Gasteiger partial charge in [0, 0.05) is 13.1 Å². The maximum atomic E-state index is 5.37. The zero-order valence-electron chi connectivity index (χ0n) is 7.50. The van der Waals surface area contributed by atoms with E-state index in [1.54, 1.807) is 6.26 Å². The Morgan fingerprint density at radius 1 is 1.67 bits per heavy atom. The Hall–Kier alpha value is -1.03. The zero-order chi connectivity index (χ0) is 8.97. The third-order valence-electron chi connectivity index (χ3n) is 1.42. The average molecular weight is 169 g/mol. The minimum atomic E-state index is 0.423. The molecule has 0 aromatic carbocycles. The molecule has 0 aliphatic rings. The van der Waals surface area contributed by atoms with E-state index in [-0.39, 0.29) is 0 Å². The number of rotatable bonds is 4. The molecule has 4 nitrogen and oxygen atoms in total. The highest BCUT2D eigenvalue weighted by molar-refractivity contribution is 5.20. The summed E-state index contributed by atoms with van der Waals surface area (Å²) >= 11 is 0. The average Bonchev–Trinajstić information content (AvgIpc) is 2.48. The van der Waals surface area contributed by atoms with E-state index >= 15 is 0 Å². The molecule has 0 aliphatic carbocycles. The SMILES string of the molecule is CC(C)CNc1nc(CN)co1. The second kappa shape index (κ2) is 4.11. The zero-order valence-corrected chi connectivity index (χ0v) is 7.50. The van der Waals surface area contributed by atoms with Crippen LogP contribution in [-0.4, -0.2) is 11.5 Å². The predicted molar refractivity (Wildman–Crippen MR) is 47.7 cm³/mol. The molecule has 1 aromatic heterocycles. The number of nitrogens with zero attached hydrogens (tertiary/aromatic N) is 1. The molecule has 1 heterocycles. The first-order valence-electron chi connectivity index (χ1n) is 4.10. The van der Waals surface area contributed by atoms with E-state index in [0.29, 0.717) is 18.5 Å². The molecule has 68 valence electrons. The molecular weight excluding hydrogens is 154 g/mol. The van der Waals surface area contributed by atoms with Gasteiger partial charge >= 0.3 is 0 Å². The van der Waals surface area contributed by atoms with Crippen molar-refractivity contribution in [3.8, 4) is 0 Å². The largest absolute Gasteiger partial charge is 0.432 e. The van der Waals surface area contributed by atoms with Crippen molar-refractivity contribution < 1.29 is 4.42 Å². The van der Waals surface area contributed by atoms with E-state index in [4.69, 9.17) is 10.2 Å². The minimum absolute atomic E-state index is 0.423. The van der Waals surface area contributed by atoms with Gasteiger partial charge in [0.05, 0.1) is 5.69 Å². The molecule has 1 aromatic rings. The summed E-state index contributed by atoms with van der Waals surface area (Å²) in [6.45, 7) is 5.54. The van der Waals surface area contributed by atoms with Gasteiger partial charge in [-0.05, 0) is 5.92 Å². The Balaban J connectivity index is 2.41. The molecule has 0 atom stereocenters. The van der Waals surface area contributed by atoms with Crippen LogP contribution in [0.15, 0.2) is 10.7 Å². The molecule has 0 bridgehead atoms. The van der Waals surface area contributed by atoms with Gasteiger partial charge in [-0.2, -0.15) is 4.98 Å². The van der Waals surface area contributed by atoms with Gasteiger partial charge in [0.15, 0.2) is 0 Å². The predicted octanol–water partition coefficient (Wildman–Crippen LogP) is 1.20. The summed E-state index contributed by atoms with van der Waals surface area (Å²) in [6, 6.07) is 0.559. The number of hydrogen-bond donors (Lipinski definition) is 2. The van der Waals surface area contributed by atoms with Crippen molar-refractivity contribution in [3.63, 3.8) is 0 Å². The van der Waals surface area contributed by atoms with Crippen molar-refractivity contribution in [3.05, 3.63) is 12.0 Å². The maximum Gasteiger partial charge on any atom is 0.294 e. The van der Waals surface area contributed by atoms with Gasteiger partial charge in [0.1, 0.15) is 6.26 Å². The van der Waals surface area contributed by atoms with Crippen molar-refractivity contribution in [2.45, 2.75) is 20.4 Å². The van der Waals surface area contributed by atoms with E-state index in [1.807, 2.05) is 0 Å². The van der Waals surface area contributed by atoms with Crippen LogP contribution in [0.3, 0.4) is 0 Å². The molecule has 3 N–H and O–H groups in total. The molecule has 12 heavy (non-hydrogen) atoms. The van der Waals surface area contributed by atoms with E-state index < -0.39 is 0 Å². The highest BCUT2D eigenvalue weighted by Gasteiger charge is 2.01. The monoisotopic (exact) mass is 169 g/mol. The fourth-order valence-corrected chi connectivity index (χ4v) is 0.773. The second-order valence-corrected chi connectivity index (χ2v) is 3.12. The summed E-state index contributed by atoms with van der Waals surface area (Å²) < 4.78 is 5.10. The number of oxazole rings is 1. The fourth-order valence-electron chi connectivity index (χ4n) is 0.773. The molecule has 0 radical (unpaired) electrons. The summed E-state index contributed by atoms with van der Waals surface area (Å²) in [4.78, 5) is 4.10. The smallest absolute Gasteiger partial charge is 0.294 e. The maximum absolute atomic E-state index is 5.37. The highest BCUT2D eigenvalue weighted by Crippen LogP contribution is 2.07. The van der Waals surface area contributed by atoms with Gasteiger partial charge in [-0.3, -0.25) is 0 Å². The van der Waals surface area contributed by atoms with Crippen molar-refractivity contribution >= 4 is 6.01 Å². The van der Waals surface area contributed by atoms with Crippen LogP contribution in [0.1, 0.15) is 19.5 Å². The van der Waals surface area contributed by atoms with Crippen LogP contribution in [0.25, 0.3) is 0 Å². The minimum Gasteiger partial charge on any atom is -0.432 e. The summed E-state index contributed by atoms with van der Waals surface area (Å²) in [5.74, 6) is 0.582. The molecule has 1 rings (SSSR count). The Morgan fingerprint density at radius 2 is 2.42 bits per heavy atom. The summed E-state index contributed by atoms with van der Waals surface area (Å²) in [5.41, 5.74) is 6.15. The van der Waals surface area contributed by atoms with E-state index in [1.165, 1.54) is 0 Å². The standard InChI is InChI=1S/C8H15N3O/c1-6(2)4-10-8-11-7(3-9)5-12-8/h5-6H,3-4,9H2,1-2H3,(H,10,11). The quantitative estimate of drug-likeness (QED) is 0.710. The topological polar surface area (TPSA) is 64.1 Å². The molecule has 4 heteroatoms. The first kappa shape index (κ1) is 9.06. The highest BCUT2D eigenvalue weighted by atomic mass is 16.4. The van der Waals surface area contributed by atoms with Crippen molar-refractivity contribution in [1.29, 1.82) is 0 Å².